The van der Waals surface area contributed by atoms with Gasteiger partial charge in [-0.25, -0.2) is 0 Å². The van der Waals surface area contributed by atoms with Gasteiger partial charge in [0.1, 0.15) is 0 Å². The molecule has 0 unspecified atom stereocenters. The standard InChI is InChI=1S/C14H21ClN2OS/c1-11-9-13(14(18)10-15)12(2)17(11)4-3-16-5-7-19-8-6-16/h9H,3-8,10H2,1-2H3. The molecule has 1 fully saturated rings. The van der Waals surface area contributed by atoms with Crippen LogP contribution >= 0.6 is 23.4 Å². The number of halogens is 1. The monoisotopic (exact) mass is 300 g/mol. The topological polar surface area (TPSA) is 25.2 Å². The van der Waals surface area contributed by atoms with E-state index in [-0.39, 0.29) is 11.7 Å². The van der Waals surface area contributed by atoms with Crippen LogP contribution in [0.3, 0.4) is 0 Å². The van der Waals surface area contributed by atoms with E-state index in [9.17, 15) is 4.79 Å². The van der Waals surface area contributed by atoms with Gasteiger partial charge in [0.15, 0.2) is 5.78 Å². The smallest absolute Gasteiger partial charge is 0.179 e. The van der Waals surface area contributed by atoms with Crippen LogP contribution in [0.4, 0.5) is 0 Å². The molecular formula is C14H21ClN2OS. The first kappa shape index (κ1) is 14.9. The molecule has 0 spiro atoms. The molecule has 0 aliphatic carbocycles. The Kier molecular flexibility index (Phi) is 5.37. The second-order valence-electron chi connectivity index (χ2n) is 4.95. The van der Waals surface area contributed by atoms with E-state index in [0.717, 1.165) is 30.0 Å². The Labute approximate surface area is 124 Å². The predicted molar refractivity (Wildman–Crippen MR) is 82.7 cm³/mol. The SMILES string of the molecule is Cc1cc(C(=O)CCl)c(C)n1CCN1CCSCC1. The van der Waals surface area contributed by atoms with Gasteiger partial charge < -0.3 is 4.57 Å². The molecule has 1 aliphatic rings. The third-order valence-electron chi connectivity index (χ3n) is 3.74. The Balaban J connectivity index is 2.03. The van der Waals surface area contributed by atoms with E-state index in [1.165, 1.54) is 24.6 Å². The number of nitrogens with zero attached hydrogens (tertiary/aromatic N) is 2. The van der Waals surface area contributed by atoms with Crippen molar-refractivity contribution in [3.8, 4) is 0 Å². The Morgan fingerprint density at radius 2 is 2.00 bits per heavy atom. The lowest BCUT2D eigenvalue weighted by Crippen LogP contribution is -2.35. The molecule has 0 amide bonds. The van der Waals surface area contributed by atoms with Crippen LogP contribution in [-0.4, -0.2) is 52.3 Å². The third kappa shape index (κ3) is 3.56. The van der Waals surface area contributed by atoms with Crippen molar-refractivity contribution in [1.29, 1.82) is 0 Å². The van der Waals surface area contributed by atoms with E-state index < -0.39 is 0 Å². The maximum absolute atomic E-state index is 11.7. The zero-order valence-electron chi connectivity index (χ0n) is 11.6. The number of thioether (sulfide) groups is 1. The summed E-state index contributed by atoms with van der Waals surface area (Å²) in [6.07, 6.45) is 0. The summed E-state index contributed by atoms with van der Waals surface area (Å²) in [5.41, 5.74) is 2.98. The van der Waals surface area contributed by atoms with Crippen LogP contribution in [-0.2, 0) is 6.54 Å². The van der Waals surface area contributed by atoms with Crippen LogP contribution in [0.15, 0.2) is 6.07 Å². The van der Waals surface area contributed by atoms with Crippen LogP contribution in [0, 0.1) is 13.8 Å². The molecule has 1 aromatic heterocycles. The Morgan fingerprint density at radius 1 is 1.32 bits per heavy atom. The van der Waals surface area contributed by atoms with E-state index in [2.05, 4.69) is 16.4 Å². The molecule has 106 valence electrons. The first-order valence-electron chi connectivity index (χ1n) is 6.69. The summed E-state index contributed by atoms with van der Waals surface area (Å²) in [5, 5.41) is 0. The Bertz CT molecular complexity index is 453. The van der Waals surface area contributed by atoms with E-state index in [0.29, 0.717) is 0 Å². The second-order valence-corrected chi connectivity index (χ2v) is 6.44. The molecule has 0 atom stereocenters. The van der Waals surface area contributed by atoms with Gasteiger partial charge in [-0.15, -0.1) is 11.6 Å². The van der Waals surface area contributed by atoms with Crippen LogP contribution < -0.4 is 0 Å². The van der Waals surface area contributed by atoms with Gasteiger partial charge in [-0.2, -0.15) is 11.8 Å². The molecule has 5 heteroatoms. The van der Waals surface area contributed by atoms with Gasteiger partial charge in [-0.05, 0) is 19.9 Å². The number of alkyl halides is 1. The average Bonchev–Trinajstić information content (AvgIpc) is 2.72. The maximum atomic E-state index is 11.7. The highest BCUT2D eigenvalue weighted by atomic mass is 35.5. The lowest BCUT2D eigenvalue weighted by molar-refractivity contribution is 0.102. The molecule has 0 bridgehead atoms. The van der Waals surface area contributed by atoms with Crippen molar-refractivity contribution < 1.29 is 4.79 Å². The van der Waals surface area contributed by atoms with Crippen molar-refractivity contribution in [3.63, 3.8) is 0 Å². The highest BCUT2D eigenvalue weighted by molar-refractivity contribution is 7.99. The summed E-state index contributed by atoms with van der Waals surface area (Å²) in [7, 11) is 0. The van der Waals surface area contributed by atoms with Gasteiger partial charge >= 0.3 is 0 Å². The van der Waals surface area contributed by atoms with Crippen molar-refractivity contribution in [3.05, 3.63) is 23.0 Å². The number of carbonyl (C=O) groups is 1. The number of aromatic nitrogens is 1. The van der Waals surface area contributed by atoms with Gasteiger partial charge in [0.25, 0.3) is 0 Å². The summed E-state index contributed by atoms with van der Waals surface area (Å²) in [6, 6.07) is 1.96. The number of hydrogen-bond acceptors (Lipinski definition) is 3. The van der Waals surface area contributed by atoms with Crippen LogP contribution in [0.1, 0.15) is 21.7 Å². The molecule has 0 radical (unpaired) electrons. The molecular weight excluding hydrogens is 280 g/mol. The fraction of sp³-hybridized carbons (Fsp3) is 0.643. The summed E-state index contributed by atoms with van der Waals surface area (Å²) in [4.78, 5) is 14.2. The fourth-order valence-electron chi connectivity index (χ4n) is 2.57. The Hall–Kier alpha value is -0.450. The number of aryl methyl sites for hydroxylation is 1. The van der Waals surface area contributed by atoms with Gasteiger partial charge in [0.2, 0.25) is 0 Å². The van der Waals surface area contributed by atoms with E-state index in [4.69, 9.17) is 11.6 Å². The molecule has 1 aliphatic heterocycles. The lowest BCUT2D eigenvalue weighted by Gasteiger charge is -2.26. The van der Waals surface area contributed by atoms with Gasteiger partial charge in [0.05, 0.1) is 5.88 Å². The van der Waals surface area contributed by atoms with Crippen LogP contribution in [0.25, 0.3) is 0 Å². The molecule has 1 aromatic rings. The van der Waals surface area contributed by atoms with Crippen molar-refractivity contribution >= 4 is 29.1 Å². The van der Waals surface area contributed by atoms with Crippen LogP contribution in [0.5, 0.6) is 0 Å². The Morgan fingerprint density at radius 3 is 2.63 bits per heavy atom. The minimum atomic E-state index is 0.0235. The molecule has 2 rings (SSSR count). The normalized spacial score (nSPS) is 16.8. The highest BCUT2D eigenvalue weighted by Crippen LogP contribution is 2.17. The zero-order chi connectivity index (χ0) is 13.8. The summed E-state index contributed by atoms with van der Waals surface area (Å²) in [5.74, 6) is 2.56. The van der Waals surface area contributed by atoms with Gasteiger partial charge in [0, 0.05) is 54.6 Å². The minimum Gasteiger partial charge on any atom is -0.347 e. The first-order chi connectivity index (χ1) is 9.13. The second kappa shape index (κ2) is 6.82. The van der Waals surface area contributed by atoms with Gasteiger partial charge in [-0.1, -0.05) is 0 Å². The number of hydrogen-bond donors (Lipinski definition) is 0. The summed E-state index contributed by atoms with van der Waals surface area (Å²) in [6.45, 7) is 8.45. The van der Waals surface area contributed by atoms with Gasteiger partial charge in [-0.3, -0.25) is 9.69 Å². The average molecular weight is 301 g/mol. The molecule has 0 N–H and O–H groups in total. The largest absolute Gasteiger partial charge is 0.347 e. The number of carbonyl (C=O) groups excluding carboxylic acids is 1. The molecule has 0 aromatic carbocycles. The van der Waals surface area contributed by atoms with Crippen molar-refractivity contribution in [1.82, 2.24) is 9.47 Å². The highest BCUT2D eigenvalue weighted by Gasteiger charge is 2.16. The van der Waals surface area contributed by atoms with E-state index >= 15 is 0 Å². The van der Waals surface area contributed by atoms with Crippen molar-refractivity contribution in [2.45, 2.75) is 20.4 Å². The quantitative estimate of drug-likeness (QED) is 0.617. The minimum absolute atomic E-state index is 0.0235. The summed E-state index contributed by atoms with van der Waals surface area (Å²) >= 11 is 7.68. The maximum Gasteiger partial charge on any atom is 0.179 e. The number of rotatable bonds is 5. The number of Topliss-reactive ketones (excluding diaryl/α,β-unsaturated/α-hetero) is 1. The fourth-order valence-corrected chi connectivity index (χ4v) is 3.69. The molecule has 2 heterocycles. The van der Waals surface area contributed by atoms with E-state index in [1.807, 2.05) is 24.8 Å². The summed E-state index contributed by atoms with van der Waals surface area (Å²) < 4.78 is 2.24. The van der Waals surface area contributed by atoms with Crippen molar-refractivity contribution in [2.24, 2.45) is 0 Å². The van der Waals surface area contributed by atoms with Crippen molar-refractivity contribution in [2.75, 3.05) is 37.0 Å². The van der Waals surface area contributed by atoms with Crippen LogP contribution in [0.2, 0.25) is 0 Å². The number of ketones is 1. The van der Waals surface area contributed by atoms with E-state index in [1.54, 1.807) is 0 Å². The molecule has 1 saturated heterocycles. The molecule has 3 nitrogen and oxygen atoms in total. The lowest BCUT2D eigenvalue weighted by atomic mass is 10.2. The first-order valence-corrected chi connectivity index (χ1v) is 8.38. The zero-order valence-corrected chi connectivity index (χ0v) is 13.2. The third-order valence-corrected chi connectivity index (χ3v) is 4.92. The molecule has 0 saturated carbocycles. The predicted octanol–water partition coefficient (Wildman–Crippen LogP) is 2.58. The molecule has 19 heavy (non-hydrogen) atoms.